The van der Waals surface area contributed by atoms with Crippen LogP contribution in [-0.2, 0) is 14.3 Å². The van der Waals surface area contributed by atoms with E-state index in [1.54, 1.807) is 6.92 Å². The lowest BCUT2D eigenvalue weighted by atomic mass is 9.74. The lowest BCUT2D eigenvalue weighted by Crippen LogP contribution is -2.46. The van der Waals surface area contributed by atoms with Gasteiger partial charge in [0.2, 0.25) is 0 Å². The van der Waals surface area contributed by atoms with Crippen molar-refractivity contribution < 1.29 is 19.4 Å². The molecule has 0 bridgehead atoms. The lowest BCUT2D eigenvalue weighted by molar-refractivity contribution is -0.315. The molecule has 0 aromatic rings. The molecule has 0 aromatic carbocycles. The Bertz CT molecular complexity index is 400. The smallest absolute Gasteiger partial charge is 0.306 e. The minimum atomic E-state index is -1.12. The number of carbonyl (C=O) groups is 2. The quantitative estimate of drug-likeness (QED) is 0.534. The van der Waals surface area contributed by atoms with Crippen LogP contribution in [0.15, 0.2) is 11.6 Å². The van der Waals surface area contributed by atoms with Crippen LogP contribution in [0.3, 0.4) is 0 Å². The van der Waals surface area contributed by atoms with Gasteiger partial charge in [-0.05, 0) is 38.5 Å². The average molecular weight is 295 g/mol. The second-order valence-electron chi connectivity index (χ2n) is 6.11. The van der Waals surface area contributed by atoms with E-state index < -0.39 is 18.0 Å². The van der Waals surface area contributed by atoms with Crippen molar-refractivity contribution in [1.82, 2.24) is 0 Å². The van der Waals surface area contributed by atoms with E-state index in [0.717, 1.165) is 12.8 Å². The van der Waals surface area contributed by atoms with Gasteiger partial charge >= 0.3 is 5.97 Å². The number of esters is 1. The van der Waals surface area contributed by atoms with E-state index in [-0.39, 0.29) is 17.8 Å². The molecule has 1 aliphatic rings. The van der Waals surface area contributed by atoms with Crippen molar-refractivity contribution in [2.45, 2.75) is 65.9 Å². The number of ether oxygens (including phenoxy) is 1. The fourth-order valence-corrected chi connectivity index (χ4v) is 3.19. The highest BCUT2D eigenvalue weighted by Gasteiger charge is 2.36. The van der Waals surface area contributed by atoms with Crippen molar-refractivity contribution in [3.8, 4) is 0 Å². The summed E-state index contributed by atoms with van der Waals surface area (Å²) in [5.74, 6) is -1.89. The summed E-state index contributed by atoms with van der Waals surface area (Å²) in [5, 5.41) is 11.4. The first-order valence-electron chi connectivity index (χ1n) is 7.98. The molecule has 0 amide bonds. The van der Waals surface area contributed by atoms with Gasteiger partial charge in [-0.15, -0.1) is 0 Å². The topological polar surface area (TPSA) is 66.4 Å². The maximum Gasteiger partial charge on any atom is 0.306 e. The number of hydrogen-bond acceptors (Lipinski definition) is 4. The van der Waals surface area contributed by atoms with Crippen molar-refractivity contribution in [2.75, 3.05) is 0 Å². The van der Waals surface area contributed by atoms with Crippen molar-refractivity contribution in [2.24, 2.45) is 17.8 Å². The van der Waals surface area contributed by atoms with Gasteiger partial charge in [0.25, 0.3) is 0 Å². The number of carbonyl (C=O) groups excluding carboxylic acids is 2. The largest absolute Gasteiger partial charge is 0.550 e. The second-order valence-corrected chi connectivity index (χ2v) is 6.11. The zero-order chi connectivity index (χ0) is 16.0. The highest BCUT2D eigenvalue weighted by atomic mass is 16.5. The number of aliphatic carboxylic acids is 1. The molecule has 0 heterocycles. The second kappa shape index (κ2) is 8.20. The molecular formula is C17H27O4-. The molecule has 0 fully saturated rings. The van der Waals surface area contributed by atoms with Gasteiger partial charge in [-0.2, -0.15) is 0 Å². The number of carboxylic acid groups (broad SMARTS) is 1. The summed E-state index contributed by atoms with van der Waals surface area (Å²) in [6.07, 6.45) is 4.81. The van der Waals surface area contributed by atoms with E-state index in [2.05, 4.69) is 19.9 Å². The van der Waals surface area contributed by atoms with Gasteiger partial charge in [0.15, 0.2) is 0 Å². The molecule has 4 unspecified atom stereocenters. The minimum absolute atomic E-state index is 0.0531. The van der Waals surface area contributed by atoms with E-state index in [4.69, 9.17) is 4.74 Å². The average Bonchev–Trinajstić information content (AvgIpc) is 2.38. The third-order valence-corrected chi connectivity index (χ3v) is 4.38. The first-order chi connectivity index (χ1) is 9.90. The predicted molar refractivity (Wildman–Crippen MR) is 79.2 cm³/mol. The van der Waals surface area contributed by atoms with Crippen LogP contribution in [-0.4, -0.2) is 18.0 Å². The SMILES string of the molecule is CCCC(=O)OC(C(CC)C(=O)[O-])C1CCC(C)=CC1C. The van der Waals surface area contributed by atoms with Crippen LogP contribution in [0.4, 0.5) is 0 Å². The summed E-state index contributed by atoms with van der Waals surface area (Å²) in [6.45, 7) is 7.86. The molecule has 0 aromatic heterocycles. The summed E-state index contributed by atoms with van der Waals surface area (Å²) in [5.41, 5.74) is 1.32. The maximum atomic E-state index is 11.9. The van der Waals surface area contributed by atoms with E-state index in [1.165, 1.54) is 5.57 Å². The molecule has 0 radical (unpaired) electrons. The van der Waals surface area contributed by atoms with E-state index >= 15 is 0 Å². The normalized spacial score (nSPS) is 24.9. The third-order valence-electron chi connectivity index (χ3n) is 4.38. The summed E-state index contributed by atoms with van der Waals surface area (Å²) in [4.78, 5) is 23.3. The van der Waals surface area contributed by atoms with Gasteiger partial charge < -0.3 is 14.6 Å². The predicted octanol–water partition coefficient (Wildman–Crippen LogP) is 2.47. The summed E-state index contributed by atoms with van der Waals surface area (Å²) < 4.78 is 5.56. The summed E-state index contributed by atoms with van der Waals surface area (Å²) >= 11 is 0. The number of hydrogen-bond donors (Lipinski definition) is 0. The monoisotopic (exact) mass is 295 g/mol. The molecule has 4 atom stereocenters. The van der Waals surface area contributed by atoms with Gasteiger partial charge in [-0.1, -0.05) is 32.4 Å². The maximum absolute atomic E-state index is 11.9. The van der Waals surface area contributed by atoms with Gasteiger partial charge in [-0.25, -0.2) is 0 Å². The zero-order valence-corrected chi connectivity index (χ0v) is 13.6. The standard InChI is InChI=1S/C17H28O4/c1-5-7-15(18)21-16(13(6-2)17(19)20)14-9-8-11(3)10-12(14)4/h10,12-14,16H,5-9H2,1-4H3,(H,19,20)/p-1. The van der Waals surface area contributed by atoms with E-state index in [1.807, 2.05) is 6.92 Å². The minimum Gasteiger partial charge on any atom is -0.550 e. The van der Waals surface area contributed by atoms with Gasteiger partial charge in [0.1, 0.15) is 6.10 Å². The molecule has 0 aliphatic heterocycles. The Balaban J connectivity index is 2.95. The Morgan fingerprint density at radius 1 is 1.43 bits per heavy atom. The van der Waals surface area contributed by atoms with E-state index in [0.29, 0.717) is 19.3 Å². The van der Waals surface area contributed by atoms with E-state index in [9.17, 15) is 14.7 Å². The molecule has 0 N–H and O–H groups in total. The van der Waals surface area contributed by atoms with Crippen LogP contribution in [0.2, 0.25) is 0 Å². The van der Waals surface area contributed by atoms with Crippen LogP contribution in [0.25, 0.3) is 0 Å². The van der Waals surface area contributed by atoms with Gasteiger partial charge in [-0.3, -0.25) is 4.79 Å². The molecule has 1 aliphatic carbocycles. The number of rotatable bonds is 7. The van der Waals surface area contributed by atoms with Crippen molar-refractivity contribution >= 4 is 11.9 Å². The molecule has 120 valence electrons. The molecule has 0 saturated heterocycles. The lowest BCUT2D eigenvalue weighted by Gasteiger charge is -2.38. The molecular weight excluding hydrogens is 268 g/mol. The first kappa shape index (κ1) is 17.7. The fourth-order valence-electron chi connectivity index (χ4n) is 3.19. The molecule has 0 saturated carbocycles. The number of carboxylic acids is 1. The van der Waals surface area contributed by atoms with Crippen LogP contribution in [0.1, 0.15) is 59.8 Å². The van der Waals surface area contributed by atoms with Crippen molar-refractivity contribution in [1.29, 1.82) is 0 Å². The number of allylic oxidation sites excluding steroid dienone is 2. The van der Waals surface area contributed by atoms with Gasteiger partial charge in [0, 0.05) is 24.2 Å². The van der Waals surface area contributed by atoms with Crippen molar-refractivity contribution in [3.05, 3.63) is 11.6 Å². The Morgan fingerprint density at radius 2 is 2.10 bits per heavy atom. The third kappa shape index (κ3) is 4.87. The first-order valence-corrected chi connectivity index (χ1v) is 7.98. The van der Waals surface area contributed by atoms with Crippen LogP contribution in [0, 0.1) is 17.8 Å². The highest BCUT2D eigenvalue weighted by molar-refractivity contribution is 5.72. The Labute approximate surface area is 127 Å². The van der Waals surface area contributed by atoms with Crippen LogP contribution in [0.5, 0.6) is 0 Å². The summed E-state index contributed by atoms with van der Waals surface area (Å²) in [6, 6.07) is 0. The highest BCUT2D eigenvalue weighted by Crippen LogP contribution is 2.36. The molecule has 0 spiro atoms. The Morgan fingerprint density at radius 3 is 2.57 bits per heavy atom. The van der Waals surface area contributed by atoms with Crippen LogP contribution < -0.4 is 5.11 Å². The van der Waals surface area contributed by atoms with Crippen molar-refractivity contribution in [3.63, 3.8) is 0 Å². The molecule has 21 heavy (non-hydrogen) atoms. The van der Waals surface area contributed by atoms with Crippen LogP contribution >= 0.6 is 0 Å². The Hall–Kier alpha value is -1.32. The molecule has 1 rings (SSSR count). The fraction of sp³-hybridized carbons (Fsp3) is 0.765. The summed E-state index contributed by atoms with van der Waals surface area (Å²) in [7, 11) is 0. The molecule has 4 heteroatoms. The van der Waals surface area contributed by atoms with Gasteiger partial charge in [0.05, 0.1) is 0 Å². The Kier molecular flexibility index (Phi) is 6.93. The zero-order valence-electron chi connectivity index (χ0n) is 13.6. The molecule has 4 nitrogen and oxygen atoms in total.